The van der Waals surface area contributed by atoms with E-state index in [0.717, 1.165) is 22.3 Å². The van der Waals surface area contributed by atoms with E-state index in [9.17, 15) is 4.79 Å². The predicted molar refractivity (Wildman–Crippen MR) is 82.7 cm³/mol. The zero-order valence-electron chi connectivity index (χ0n) is 12.0. The summed E-state index contributed by atoms with van der Waals surface area (Å²) >= 11 is 3.51. The summed E-state index contributed by atoms with van der Waals surface area (Å²) in [6, 6.07) is 3.16. The quantitative estimate of drug-likeness (QED) is 0.836. The Bertz CT molecular complexity index is 637. The number of pyridine rings is 1. The molecule has 2 aromatic rings. The predicted octanol–water partition coefficient (Wildman–Crippen LogP) is 2.56. The van der Waals surface area contributed by atoms with Crippen LogP contribution in [0.15, 0.2) is 22.8 Å². The van der Waals surface area contributed by atoms with Gasteiger partial charge in [-0.05, 0) is 41.4 Å². The Balaban J connectivity index is 2.11. The normalized spacial score (nSPS) is 10.6. The molecule has 0 spiro atoms. The SMILES string of the molecule is CCc1nn(CC)c(COC(=O)c2ccc(N)cn2)c1Br. The lowest BCUT2D eigenvalue weighted by Gasteiger charge is -2.07. The van der Waals surface area contributed by atoms with E-state index in [1.807, 2.05) is 18.5 Å². The van der Waals surface area contributed by atoms with Gasteiger partial charge in [0, 0.05) is 6.54 Å². The molecule has 0 radical (unpaired) electrons. The van der Waals surface area contributed by atoms with Crippen molar-refractivity contribution in [2.75, 3.05) is 5.73 Å². The maximum absolute atomic E-state index is 11.9. The van der Waals surface area contributed by atoms with Crippen LogP contribution in [0.5, 0.6) is 0 Å². The number of nitrogens with zero attached hydrogens (tertiary/aromatic N) is 3. The number of hydrogen-bond donors (Lipinski definition) is 1. The summed E-state index contributed by atoms with van der Waals surface area (Å²) in [6.07, 6.45) is 2.24. The molecule has 0 fully saturated rings. The van der Waals surface area contributed by atoms with Crippen LogP contribution >= 0.6 is 15.9 Å². The Labute approximate surface area is 131 Å². The van der Waals surface area contributed by atoms with E-state index < -0.39 is 5.97 Å². The highest BCUT2D eigenvalue weighted by molar-refractivity contribution is 9.10. The first-order valence-electron chi connectivity index (χ1n) is 6.69. The van der Waals surface area contributed by atoms with Crippen LogP contribution in [0.1, 0.15) is 35.7 Å². The molecule has 112 valence electrons. The molecule has 0 aromatic carbocycles. The molecule has 0 saturated carbocycles. The van der Waals surface area contributed by atoms with Crippen molar-refractivity contribution in [1.82, 2.24) is 14.8 Å². The monoisotopic (exact) mass is 352 g/mol. The van der Waals surface area contributed by atoms with Crippen molar-refractivity contribution in [2.24, 2.45) is 0 Å². The highest BCUT2D eigenvalue weighted by Gasteiger charge is 2.16. The molecule has 0 atom stereocenters. The summed E-state index contributed by atoms with van der Waals surface area (Å²) in [6.45, 7) is 4.88. The van der Waals surface area contributed by atoms with Gasteiger partial charge in [-0.2, -0.15) is 5.10 Å². The molecule has 0 aliphatic rings. The van der Waals surface area contributed by atoms with Crippen molar-refractivity contribution in [2.45, 2.75) is 33.4 Å². The fraction of sp³-hybridized carbons (Fsp3) is 0.357. The lowest BCUT2D eigenvalue weighted by atomic mass is 10.3. The summed E-state index contributed by atoms with van der Waals surface area (Å²) in [4.78, 5) is 15.9. The van der Waals surface area contributed by atoms with Gasteiger partial charge in [0.1, 0.15) is 12.3 Å². The molecule has 0 aliphatic carbocycles. The third kappa shape index (κ3) is 3.41. The molecular weight excluding hydrogens is 336 g/mol. The van der Waals surface area contributed by atoms with Gasteiger partial charge in [0.15, 0.2) is 0 Å². The van der Waals surface area contributed by atoms with Crippen LogP contribution < -0.4 is 5.73 Å². The fourth-order valence-electron chi connectivity index (χ4n) is 1.89. The van der Waals surface area contributed by atoms with E-state index in [4.69, 9.17) is 10.5 Å². The van der Waals surface area contributed by atoms with Crippen LogP contribution in [0.3, 0.4) is 0 Å². The lowest BCUT2D eigenvalue weighted by molar-refractivity contribution is 0.0454. The molecule has 21 heavy (non-hydrogen) atoms. The van der Waals surface area contributed by atoms with E-state index in [2.05, 4.69) is 26.0 Å². The zero-order valence-corrected chi connectivity index (χ0v) is 13.6. The highest BCUT2D eigenvalue weighted by atomic mass is 79.9. The fourth-order valence-corrected chi connectivity index (χ4v) is 2.57. The van der Waals surface area contributed by atoms with E-state index in [-0.39, 0.29) is 12.3 Å². The van der Waals surface area contributed by atoms with Crippen LogP contribution in [-0.4, -0.2) is 20.7 Å². The van der Waals surface area contributed by atoms with Crippen molar-refractivity contribution in [3.05, 3.63) is 39.9 Å². The molecule has 0 amide bonds. The molecule has 2 aromatic heterocycles. The molecule has 2 heterocycles. The number of nitrogens with two attached hydrogens (primary N) is 1. The Morgan fingerprint density at radius 3 is 2.76 bits per heavy atom. The number of nitrogen functional groups attached to an aromatic ring is 1. The number of anilines is 1. The number of aromatic nitrogens is 3. The number of hydrogen-bond acceptors (Lipinski definition) is 5. The molecule has 0 saturated heterocycles. The molecule has 6 nitrogen and oxygen atoms in total. The maximum atomic E-state index is 11.9. The first-order valence-corrected chi connectivity index (χ1v) is 7.48. The van der Waals surface area contributed by atoms with E-state index in [1.165, 1.54) is 6.20 Å². The topological polar surface area (TPSA) is 83.0 Å². The van der Waals surface area contributed by atoms with Gasteiger partial charge in [-0.3, -0.25) is 4.68 Å². The smallest absolute Gasteiger partial charge is 0.357 e. The number of halogens is 1. The molecule has 0 bridgehead atoms. The lowest BCUT2D eigenvalue weighted by Crippen LogP contribution is -2.11. The molecular formula is C14H17BrN4O2. The van der Waals surface area contributed by atoms with Gasteiger partial charge in [0.05, 0.1) is 27.7 Å². The molecule has 2 rings (SSSR count). The second kappa shape index (κ2) is 6.71. The highest BCUT2D eigenvalue weighted by Crippen LogP contribution is 2.23. The minimum Gasteiger partial charge on any atom is -0.454 e. The minimum absolute atomic E-state index is 0.145. The first kappa shape index (κ1) is 15.5. The van der Waals surface area contributed by atoms with E-state index >= 15 is 0 Å². The molecule has 0 aliphatic heterocycles. The van der Waals surface area contributed by atoms with Crippen LogP contribution in [0, 0.1) is 0 Å². The van der Waals surface area contributed by atoms with Gasteiger partial charge in [-0.1, -0.05) is 6.92 Å². The van der Waals surface area contributed by atoms with Crippen molar-refractivity contribution in [3.63, 3.8) is 0 Å². The number of ether oxygens (including phenoxy) is 1. The Morgan fingerprint density at radius 2 is 2.19 bits per heavy atom. The minimum atomic E-state index is -0.483. The number of carbonyl (C=O) groups excluding carboxylic acids is 1. The van der Waals surface area contributed by atoms with Gasteiger partial charge in [0.2, 0.25) is 0 Å². The average Bonchev–Trinajstić information content (AvgIpc) is 2.81. The first-order chi connectivity index (χ1) is 10.1. The Hall–Kier alpha value is -1.89. The van der Waals surface area contributed by atoms with Gasteiger partial charge >= 0.3 is 5.97 Å². The van der Waals surface area contributed by atoms with Gasteiger partial charge in [-0.15, -0.1) is 0 Å². The van der Waals surface area contributed by atoms with Crippen molar-refractivity contribution < 1.29 is 9.53 Å². The van der Waals surface area contributed by atoms with Crippen LogP contribution in [0.2, 0.25) is 0 Å². The Morgan fingerprint density at radius 1 is 1.43 bits per heavy atom. The van der Waals surface area contributed by atoms with Gasteiger partial charge in [0.25, 0.3) is 0 Å². The van der Waals surface area contributed by atoms with Gasteiger partial charge < -0.3 is 10.5 Å². The summed E-state index contributed by atoms with van der Waals surface area (Å²) in [5.41, 5.74) is 8.07. The van der Waals surface area contributed by atoms with E-state index in [0.29, 0.717) is 12.2 Å². The summed E-state index contributed by atoms with van der Waals surface area (Å²) in [7, 11) is 0. The second-order valence-corrected chi connectivity index (χ2v) is 5.22. The summed E-state index contributed by atoms with van der Waals surface area (Å²) < 4.78 is 8.02. The van der Waals surface area contributed by atoms with E-state index in [1.54, 1.807) is 12.1 Å². The van der Waals surface area contributed by atoms with Crippen molar-refractivity contribution in [3.8, 4) is 0 Å². The Kier molecular flexibility index (Phi) is 4.95. The zero-order chi connectivity index (χ0) is 15.4. The molecule has 2 N–H and O–H groups in total. The molecule has 7 heteroatoms. The summed E-state index contributed by atoms with van der Waals surface area (Å²) in [5, 5.41) is 4.46. The molecule has 0 unspecified atom stereocenters. The maximum Gasteiger partial charge on any atom is 0.357 e. The number of rotatable bonds is 5. The number of aryl methyl sites for hydroxylation is 2. The summed E-state index contributed by atoms with van der Waals surface area (Å²) in [5.74, 6) is -0.483. The second-order valence-electron chi connectivity index (χ2n) is 4.43. The average molecular weight is 353 g/mol. The third-order valence-corrected chi connectivity index (χ3v) is 3.94. The third-order valence-electron chi connectivity index (χ3n) is 3.03. The largest absolute Gasteiger partial charge is 0.454 e. The number of carbonyl (C=O) groups is 1. The standard InChI is InChI=1S/C14H17BrN4O2/c1-3-10-13(15)12(19(4-2)18-10)8-21-14(20)11-6-5-9(16)7-17-11/h5-7H,3-4,8,16H2,1-2H3. The van der Waals surface area contributed by atoms with Crippen LogP contribution in [0.4, 0.5) is 5.69 Å². The van der Waals surface area contributed by atoms with Crippen LogP contribution in [-0.2, 0) is 24.3 Å². The number of esters is 1. The van der Waals surface area contributed by atoms with Crippen molar-refractivity contribution >= 4 is 27.6 Å². The van der Waals surface area contributed by atoms with Gasteiger partial charge in [-0.25, -0.2) is 9.78 Å². The van der Waals surface area contributed by atoms with Crippen molar-refractivity contribution in [1.29, 1.82) is 0 Å². The van der Waals surface area contributed by atoms with Crippen LogP contribution in [0.25, 0.3) is 0 Å².